The Labute approximate surface area is 69.5 Å². The van der Waals surface area contributed by atoms with Crippen molar-refractivity contribution in [2.75, 3.05) is 0 Å². The van der Waals surface area contributed by atoms with E-state index in [1.54, 1.807) is 0 Å². The molecule has 0 aromatic carbocycles. The highest BCUT2D eigenvalue weighted by molar-refractivity contribution is 5.82. The summed E-state index contributed by atoms with van der Waals surface area (Å²) in [6.07, 6.45) is 3.69. The SMILES string of the molecule is C/C=C(\CC)C(C)C(=O)CC. The molecule has 0 aliphatic heterocycles. The maximum Gasteiger partial charge on any atom is 0.139 e. The van der Waals surface area contributed by atoms with E-state index in [0.717, 1.165) is 6.42 Å². The van der Waals surface area contributed by atoms with Gasteiger partial charge in [0.1, 0.15) is 5.78 Å². The summed E-state index contributed by atoms with van der Waals surface area (Å²) >= 11 is 0. The van der Waals surface area contributed by atoms with E-state index in [0.29, 0.717) is 12.2 Å². The summed E-state index contributed by atoms with van der Waals surface area (Å²) in [4.78, 5) is 11.2. The fourth-order valence-electron chi connectivity index (χ4n) is 1.27. The smallest absolute Gasteiger partial charge is 0.139 e. The van der Waals surface area contributed by atoms with Gasteiger partial charge in [0.15, 0.2) is 0 Å². The molecule has 0 fully saturated rings. The molecule has 0 spiro atoms. The lowest BCUT2D eigenvalue weighted by atomic mass is 9.93. The molecule has 0 aromatic heterocycles. The monoisotopic (exact) mass is 154 g/mol. The third kappa shape index (κ3) is 2.87. The predicted octanol–water partition coefficient (Wildman–Crippen LogP) is 2.96. The van der Waals surface area contributed by atoms with Gasteiger partial charge in [-0.15, -0.1) is 0 Å². The minimum atomic E-state index is 0.134. The quantitative estimate of drug-likeness (QED) is 0.569. The molecule has 0 radical (unpaired) electrons. The van der Waals surface area contributed by atoms with E-state index in [9.17, 15) is 4.79 Å². The fourth-order valence-corrected chi connectivity index (χ4v) is 1.27. The second kappa shape index (κ2) is 5.11. The molecule has 0 saturated carbocycles. The lowest BCUT2D eigenvalue weighted by molar-refractivity contribution is -0.121. The Balaban J connectivity index is 4.21. The summed E-state index contributed by atoms with van der Waals surface area (Å²) in [5.41, 5.74) is 1.26. The van der Waals surface area contributed by atoms with Gasteiger partial charge in [0, 0.05) is 12.3 Å². The molecule has 1 atom stereocenters. The van der Waals surface area contributed by atoms with Crippen molar-refractivity contribution in [3.05, 3.63) is 11.6 Å². The van der Waals surface area contributed by atoms with Gasteiger partial charge in [-0.1, -0.05) is 32.4 Å². The summed E-state index contributed by atoms with van der Waals surface area (Å²) in [5, 5.41) is 0. The van der Waals surface area contributed by atoms with Gasteiger partial charge in [0.05, 0.1) is 0 Å². The van der Waals surface area contributed by atoms with Crippen molar-refractivity contribution in [1.29, 1.82) is 0 Å². The molecule has 0 aromatic rings. The van der Waals surface area contributed by atoms with Crippen LogP contribution in [0.4, 0.5) is 0 Å². The first-order valence-corrected chi connectivity index (χ1v) is 4.35. The number of carbonyl (C=O) groups is 1. The Bertz CT molecular complexity index is 156. The highest BCUT2D eigenvalue weighted by atomic mass is 16.1. The van der Waals surface area contributed by atoms with Gasteiger partial charge in [-0.05, 0) is 13.3 Å². The Morgan fingerprint density at radius 1 is 1.36 bits per heavy atom. The maximum atomic E-state index is 11.2. The van der Waals surface area contributed by atoms with Crippen LogP contribution in [0.3, 0.4) is 0 Å². The van der Waals surface area contributed by atoms with Crippen LogP contribution in [0.15, 0.2) is 11.6 Å². The Morgan fingerprint density at radius 3 is 2.18 bits per heavy atom. The van der Waals surface area contributed by atoms with Gasteiger partial charge < -0.3 is 0 Å². The van der Waals surface area contributed by atoms with Crippen LogP contribution >= 0.6 is 0 Å². The first-order chi connectivity index (χ1) is 5.17. The molecule has 11 heavy (non-hydrogen) atoms. The van der Waals surface area contributed by atoms with Gasteiger partial charge in [0.2, 0.25) is 0 Å². The second-order valence-electron chi connectivity index (χ2n) is 2.76. The normalized spacial score (nSPS) is 14.7. The van der Waals surface area contributed by atoms with Gasteiger partial charge in [-0.2, -0.15) is 0 Å². The van der Waals surface area contributed by atoms with E-state index in [-0.39, 0.29) is 5.92 Å². The van der Waals surface area contributed by atoms with Crippen LogP contribution < -0.4 is 0 Å². The van der Waals surface area contributed by atoms with Crippen LogP contribution in [0.25, 0.3) is 0 Å². The molecular weight excluding hydrogens is 136 g/mol. The van der Waals surface area contributed by atoms with Crippen molar-refractivity contribution >= 4 is 5.78 Å². The first kappa shape index (κ1) is 10.4. The standard InChI is InChI=1S/C10H18O/c1-5-9(6-2)8(4)10(11)7-3/h5,8H,6-7H2,1-4H3/b9-5+. The Hall–Kier alpha value is -0.590. The molecule has 64 valence electrons. The third-order valence-corrected chi connectivity index (χ3v) is 2.17. The van der Waals surface area contributed by atoms with E-state index < -0.39 is 0 Å². The summed E-state index contributed by atoms with van der Waals surface area (Å²) in [5.74, 6) is 0.481. The van der Waals surface area contributed by atoms with Crippen molar-refractivity contribution in [3.8, 4) is 0 Å². The zero-order chi connectivity index (χ0) is 8.85. The topological polar surface area (TPSA) is 17.1 Å². The molecule has 0 saturated heterocycles. The molecule has 1 nitrogen and oxygen atoms in total. The van der Waals surface area contributed by atoms with Gasteiger partial charge >= 0.3 is 0 Å². The lowest BCUT2D eigenvalue weighted by Gasteiger charge is -2.11. The van der Waals surface area contributed by atoms with E-state index in [4.69, 9.17) is 0 Å². The second-order valence-corrected chi connectivity index (χ2v) is 2.76. The summed E-state index contributed by atoms with van der Waals surface area (Å²) in [6.45, 7) is 8.00. The van der Waals surface area contributed by atoms with E-state index in [2.05, 4.69) is 13.0 Å². The van der Waals surface area contributed by atoms with E-state index in [1.165, 1.54) is 5.57 Å². The van der Waals surface area contributed by atoms with E-state index in [1.807, 2.05) is 20.8 Å². The summed E-state index contributed by atoms with van der Waals surface area (Å²) in [7, 11) is 0. The fraction of sp³-hybridized carbons (Fsp3) is 0.700. The largest absolute Gasteiger partial charge is 0.299 e. The van der Waals surface area contributed by atoms with Crippen LogP contribution in [-0.2, 0) is 4.79 Å². The molecule has 0 aliphatic carbocycles. The van der Waals surface area contributed by atoms with Crippen molar-refractivity contribution in [2.24, 2.45) is 5.92 Å². The van der Waals surface area contributed by atoms with Gasteiger partial charge in [-0.25, -0.2) is 0 Å². The van der Waals surface area contributed by atoms with Crippen molar-refractivity contribution in [3.63, 3.8) is 0 Å². The van der Waals surface area contributed by atoms with Crippen LogP contribution in [0.2, 0.25) is 0 Å². The molecule has 0 aliphatic rings. The third-order valence-electron chi connectivity index (χ3n) is 2.17. The molecule has 0 amide bonds. The number of carbonyl (C=O) groups excluding carboxylic acids is 1. The Morgan fingerprint density at radius 2 is 1.91 bits per heavy atom. The zero-order valence-electron chi connectivity index (χ0n) is 7.98. The van der Waals surface area contributed by atoms with Crippen LogP contribution in [0.5, 0.6) is 0 Å². The van der Waals surface area contributed by atoms with Crippen LogP contribution in [0.1, 0.15) is 40.5 Å². The lowest BCUT2D eigenvalue weighted by Crippen LogP contribution is -2.11. The average Bonchev–Trinajstić information content (AvgIpc) is 2.05. The van der Waals surface area contributed by atoms with Crippen LogP contribution in [-0.4, -0.2) is 5.78 Å². The van der Waals surface area contributed by atoms with Crippen molar-refractivity contribution in [1.82, 2.24) is 0 Å². The number of Topliss-reactive ketones (excluding diaryl/α,β-unsaturated/α-hetero) is 1. The van der Waals surface area contributed by atoms with Gasteiger partial charge in [-0.3, -0.25) is 4.79 Å². The van der Waals surface area contributed by atoms with Crippen molar-refractivity contribution in [2.45, 2.75) is 40.5 Å². The van der Waals surface area contributed by atoms with E-state index >= 15 is 0 Å². The van der Waals surface area contributed by atoms with Gasteiger partial charge in [0.25, 0.3) is 0 Å². The molecular formula is C10H18O. The molecule has 0 rings (SSSR count). The van der Waals surface area contributed by atoms with Crippen molar-refractivity contribution < 1.29 is 4.79 Å². The Kier molecular flexibility index (Phi) is 4.84. The maximum absolute atomic E-state index is 11.2. The molecule has 0 heterocycles. The molecule has 0 N–H and O–H groups in total. The number of rotatable bonds is 4. The number of hydrogen-bond acceptors (Lipinski definition) is 1. The summed E-state index contributed by atoms with van der Waals surface area (Å²) < 4.78 is 0. The minimum absolute atomic E-state index is 0.134. The minimum Gasteiger partial charge on any atom is -0.299 e. The zero-order valence-corrected chi connectivity index (χ0v) is 7.98. The molecule has 1 heteroatoms. The molecule has 0 bridgehead atoms. The predicted molar refractivity (Wildman–Crippen MR) is 48.5 cm³/mol. The first-order valence-electron chi connectivity index (χ1n) is 4.35. The number of ketones is 1. The number of hydrogen-bond donors (Lipinski definition) is 0. The highest BCUT2D eigenvalue weighted by Crippen LogP contribution is 2.15. The average molecular weight is 154 g/mol. The molecule has 1 unspecified atom stereocenters. The van der Waals surface area contributed by atoms with Crippen LogP contribution in [0, 0.1) is 5.92 Å². The summed E-state index contributed by atoms with van der Waals surface area (Å²) in [6, 6.07) is 0. The number of allylic oxidation sites excluding steroid dienone is 2. The highest BCUT2D eigenvalue weighted by Gasteiger charge is 2.12.